The topological polar surface area (TPSA) is 43.4 Å². The number of benzene rings is 1. The van der Waals surface area contributed by atoms with E-state index in [1.165, 1.54) is 0 Å². The van der Waals surface area contributed by atoms with Crippen molar-refractivity contribution in [1.82, 2.24) is 0 Å². The molecule has 1 aromatic carbocycles. The summed E-state index contributed by atoms with van der Waals surface area (Å²) < 4.78 is 30.0. The highest BCUT2D eigenvalue weighted by Gasteiger charge is 2.72. The molecule has 0 heterocycles. The standard InChI is InChI=1S/C15H16O3S/c1-10-2-6-13(7-3-10)19(16,17)18-14-8-11-4-5-12-9-15(11,12)14/h2-7,11-12,14H,8-9H2,1H3/t11-,12-,14+,15?/m0/s1. The number of hydrogen-bond donors (Lipinski definition) is 0. The van der Waals surface area contributed by atoms with E-state index in [0.717, 1.165) is 18.4 Å². The van der Waals surface area contributed by atoms with Crippen molar-refractivity contribution in [1.29, 1.82) is 0 Å². The van der Waals surface area contributed by atoms with Gasteiger partial charge in [0.05, 0.1) is 11.0 Å². The Labute approximate surface area is 113 Å². The lowest BCUT2D eigenvalue weighted by Crippen LogP contribution is -2.45. The Morgan fingerprint density at radius 3 is 2.47 bits per heavy atom. The second kappa shape index (κ2) is 3.49. The predicted octanol–water partition coefficient (Wildman–Crippen LogP) is 2.66. The van der Waals surface area contributed by atoms with Crippen LogP contribution < -0.4 is 0 Å². The molecule has 3 nitrogen and oxygen atoms in total. The lowest BCUT2D eigenvalue weighted by atomic mass is 9.69. The van der Waals surface area contributed by atoms with Gasteiger partial charge in [0, 0.05) is 5.41 Å². The maximum Gasteiger partial charge on any atom is 0.297 e. The molecule has 4 heteroatoms. The van der Waals surface area contributed by atoms with Crippen LogP contribution in [0, 0.1) is 24.2 Å². The monoisotopic (exact) mass is 276 g/mol. The normalized spacial score (nSPS) is 38.5. The van der Waals surface area contributed by atoms with Crippen molar-refractivity contribution in [3.05, 3.63) is 42.0 Å². The van der Waals surface area contributed by atoms with Crippen molar-refractivity contribution in [2.75, 3.05) is 0 Å². The third-order valence-corrected chi connectivity index (χ3v) is 6.32. The van der Waals surface area contributed by atoms with Gasteiger partial charge in [-0.25, -0.2) is 0 Å². The maximum absolute atomic E-state index is 12.3. The van der Waals surface area contributed by atoms with Crippen molar-refractivity contribution in [2.24, 2.45) is 17.3 Å². The predicted molar refractivity (Wildman–Crippen MR) is 71.0 cm³/mol. The lowest BCUT2D eigenvalue weighted by molar-refractivity contribution is -0.00802. The van der Waals surface area contributed by atoms with Crippen LogP contribution in [0.15, 0.2) is 41.3 Å². The molecule has 1 spiro atoms. The van der Waals surface area contributed by atoms with Crippen molar-refractivity contribution in [3.8, 4) is 0 Å². The zero-order valence-electron chi connectivity index (χ0n) is 10.7. The Balaban J connectivity index is 1.56. The molecule has 0 radical (unpaired) electrons. The Morgan fingerprint density at radius 1 is 1.16 bits per heavy atom. The second-order valence-corrected chi connectivity index (χ2v) is 7.57. The van der Waals surface area contributed by atoms with E-state index in [1.807, 2.05) is 6.92 Å². The molecule has 0 aromatic heterocycles. The first-order chi connectivity index (χ1) is 9.02. The Bertz CT molecular complexity index is 659. The molecule has 2 saturated carbocycles. The molecule has 3 aliphatic carbocycles. The highest BCUT2D eigenvalue weighted by atomic mass is 32.2. The quantitative estimate of drug-likeness (QED) is 0.629. The maximum atomic E-state index is 12.3. The van der Waals surface area contributed by atoms with Gasteiger partial charge in [-0.15, -0.1) is 0 Å². The van der Waals surface area contributed by atoms with Crippen LogP contribution in [0.4, 0.5) is 0 Å². The molecule has 0 bridgehead atoms. The third kappa shape index (κ3) is 1.50. The minimum Gasteiger partial charge on any atom is -0.262 e. The fourth-order valence-electron chi connectivity index (χ4n) is 3.68. The summed E-state index contributed by atoms with van der Waals surface area (Å²) in [5.74, 6) is 1.11. The van der Waals surface area contributed by atoms with Gasteiger partial charge in [-0.1, -0.05) is 29.8 Å². The summed E-state index contributed by atoms with van der Waals surface area (Å²) >= 11 is 0. The molecule has 4 atom stereocenters. The fourth-order valence-corrected chi connectivity index (χ4v) is 4.83. The van der Waals surface area contributed by atoms with Crippen LogP contribution in [0.1, 0.15) is 18.4 Å². The molecular weight excluding hydrogens is 260 g/mol. The van der Waals surface area contributed by atoms with Crippen LogP contribution in [-0.4, -0.2) is 14.5 Å². The smallest absolute Gasteiger partial charge is 0.262 e. The van der Waals surface area contributed by atoms with E-state index in [2.05, 4.69) is 12.2 Å². The van der Waals surface area contributed by atoms with Gasteiger partial charge >= 0.3 is 0 Å². The first-order valence-corrected chi connectivity index (χ1v) is 8.11. The minimum absolute atomic E-state index is 0.121. The van der Waals surface area contributed by atoms with E-state index < -0.39 is 10.1 Å². The molecule has 4 rings (SSSR count). The van der Waals surface area contributed by atoms with Crippen LogP contribution >= 0.6 is 0 Å². The van der Waals surface area contributed by atoms with Gasteiger partial charge in [-0.2, -0.15) is 8.42 Å². The molecule has 0 saturated heterocycles. The first-order valence-electron chi connectivity index (χ1n) is 6.71. The number of rotatable bonds is 3. The molecule has 100 valence electrons. The summed E-state index contributed by atoms with van der Waals surface area (Å²) in [4.78, 5) is 0.265. The molecule has 0 amide bonds. The lowest BCUT2D eigenvalue weighted by Gasteiger charge is -2.42. The molecule has 2 fully saturated rings. The summed E-state index contributed by atoms with van der Waals surface area (Å²) in [6.07, 6.45) is 6.28. The van der Waals surface area contributed by atoms with E-state index in [0.29, 0.717) is 11.8 Å². The van der Waals surface area contributed by atoms with Gasteiger partial charge in [-0.05, 0) is 43.7 Å². The Hall–Kier alpha value is -1.13. The van der Waals surface area contributed by atoms with Crippen LogP contribution in [-0.2, 0) is 14.3 Å². The number of aryl methyl sites for hydroxylation is 1. The first kappa shape index (κ1) is 11.7. The van der Waals surface area contributed by atoms with Crippen LogP contribution in [0.3, 0.4) is 0 Å². The number of hydrogen-bond acceptors (Lipinski definition) is 3. The van der Waals surface area contributed by atoms with Gasteiger partial charge in [0.25, 0.3) is 10.1 Å². The highest BCUT2D eigenvalue weighted by Crippen LogP contribution is 2.74. The Kier molecular flexibility index (Phi) is 2.15. The highest BCUT2D eigenvalue weighted by molar-refractivity contribution is 7.86. The fraction of sp³-hybridized carbons (Fsp3) is 0.467. The summed E-state index contributed by atoms with van der Waals surface area (Å²) in [6, 6.07) is 6.84. The van der Waals surface area contributed by atoms with Gasteiger partial charge < -0.3 is 0 Å². The van der Waals surface area contributed by atoms with Gasteiger partial charge in [0.1, 0.15) is 0 Å². The molecule has 0 N–H and O–H groups in total. The van der Waals surface area contributed by atoms with Crippen molar-refractivity contribution >= 4 is 10.1 Å². The Morgan fingerprint density at radius 2 is 1.84 bits per heavy atom. The van der Waals surface area contributed by atoms with Gasteiger partial charge in [0.15, 0.2) is 0 Å². The van der Waals surface area contributed by atoms with E-state index in [4.69, 9.17) is 4.18 Å². The van der Waals surface area contributed by atoms with Crippen LogP contribution in [0.5, 0.6) is 0 Å². The zero-order valence-corrected chi connectivity index (χ0v) is 11.6. The van der Waals surface area contributed by atoms with Crippen molar-refractivity contribution < 1.29 is 12.6 Å². The van der Waals surface area contributed by atoms with E-state index in [9.17, 15) is 8.42 Å². The van der Waals surface area contributed by atoms with E-state index in [-0.39, 0.29) is 16.4 Å². The van der Waals surface area contributed by atoms with Crippen LogP contribution in [0.2, 0.25) is 0 Å². The van der Waals surface area contributed by atoms with Crippen LogP contribution in [0.25, 0.3) is 0 Å². The van der Waals surface area contributed by atoms with Crippen molar-refractivity contribution in [3.63, 3.8) is 0 Å². The third-order valence-electron chi connectivity index (χ3n) is 4.99. The SMILES string of the molecule is Cc1ccc(S(=O)(=O)O[C@@H]2C[C@@H]3C=C[C@H]4CC342)cc1. The van der Waals surface area contributed by atoms with E-state index >= 15 is 0 Å². The molecular formula is C15H16O3S. The minimum atomic E-state index is -3.62. The largest absolute Gasteiger partial charge is 0.297 e. The molecule has 19 heavy (non-hydrogen) atoms. The van der Waals surface area contributed by atoms with Crippen molar-refractivity contribution in [2.45, 2.75) is 30.8 Å². The number of allylic oxidation sites excluding steroid dienone is 2. The average molecular weight is 276 g/mol. The van der Waals surface area contributed by atoms with E-state index in [1.54, 1.807) is 24.3 Å². The van der Waals surface area contributed by atoms with Gasteiger partial charge in [0.2, 0.25) is 0 Å². The summed E-state index contributed by atoms with van der Waals surface area (Å²) in [5.41, 5.74) is 1.18. The van der Waals surface area contributed by atoms with Gasteiger partial charge in [-0.3, -0.25) is 4.18 Å². The summed E-state index contributed by atoms with van der Waals surface area (Å²) in [5, 5.41) is 0. The summed E-state index contributed by atoms with van der Waals surface area (Å²) in [6.45, 7) is 1.94. The molecule has 3 aliphatic rings. The molecule has 0 aliphatic heterocycles. The molecule has 1 unspecified atom stereocenters. The average Bonchev–Trinajstić information content (AvgIpc) is 3.05. The zero-order chi connectivity index (χ0) is 13.3. The second-order valence-electron chi connectivity index (χ2n) is 6.00. The molecule has 1 aromatic rings. The summed E-state index contributed by atoms with van der Waals surface area (Å²) in [7, 11) is -3.62.